The van der Waals surface area contributed by atoms with Crippen molar-refractivity contribution in [2.24, 2.45) is 0 Å². The molecule has 34 heavy (non-hydrogen) atoms. The molecule has 0 spiro atoms. The zero-order valence-corrected chi connectivity index (χ0v) is 19.1. The highest BCUT2D eigenvalue weighted by molar-refractivity contribution is 6.35. The molecule has 3 aromatic rings. The summed E-state index contributed by atoms with van der Waals surface area (Å²) in [5, 5.41) is 2.93. The van der Waals surface area contributed by atoms with Gasteiger partial charge in [0.05, 0.1) is 23.4 Å². The molecule has 2 amide bonds. The Morgan fingerprint density at radius 3 is 1.97 bits per heavy atom. The van der Waals surface area contributed by atoms with Crippen molar-refractivity contribution >= 4 is 17.4 Å². The predicted molar refractivity (Wildman–Crippen MR) is 123 cm³/mol. The van der Waals surface area contributed by atoms with Gasteiger partial charge in [-0.3, -0.25) is 24.4 Å². The van der Waals surface area contributed by atoms with Crippen molar-refractivity contribution < 1.29 is 18.4 Å². The van der Waals surface area contributed by atoms with Crippen LogP contribution in [0.5, 0.6) is 0 Å². The maximum atomic E-state index is 13.6. The largest absolute Gasteiger partial charge is 0.367 e. The minimum absolute atomic E-state index is 0.0235. The van der Waals surface area contributed by atoms with E-state index in [1.54, 1.807) is 11.8 Å². The lowest BCUT2D eigenvalue weighted by atomic mass is 10.0. The molecule has 2 aromatic carbocycles. The number of likely N-dealkylation sites (N-methyl/N-ethyl adjacent to an activating group) is 1. The summed E-state index contributed by atoms with van der Waals surface area (Å²) in [5.41, 5.74) is 1.12. The molecule has 9 heteroatoms. The summed E-state index contributed by atoms with van der Waals surface area (Å²) in [6.45, 7) is 6.21. The molecule has 0 aliphatic carbocycles. The van der Waals surface area contributed by atoms with Crippen molar-refractivity contribution in [3.05, 3.63) is 93.0 Å². The second-order valence-electron chi connectivity index (χ2n) is 7.95. The van der Waals surface area contributed by atoms with Crippen molar-refractivity contribution in [1.29, 1.82) is 0 Å². The van der Waals surface area contributed by atoms with Gasteiger partial charge in [0.2, 0.25) is 0 Å². The molecule has 0 bridgehead atoms. The van der Waals surface area contributed by atoms with E-state index in [-0.39, 0.29) is 23.4 Å². The number of imide groups is 1. The van der Waals surface area contributed by atoms with Gasteiger partial charge in [-0.2, -0.15) is 0 Å². The Hall–Kier alpha value is -4.01. The summed E-state index contributed by atoms with van der Waals surface area (Å²) >= 11 is 0. The molecule has 0 atom stereocenters. The molecule has 0 saturated heterocycles. The third kappa shape index (κ3) is 3.93. The Morgan fingerprint density at radius 1 is 0.853 bits per heavy atom. The number of aromatic nitrogens is 2. The van der Waals surface area contributed by atoms with Crippen LogP contribution >= 0.6 is 0 Å². The van der Waals surface area contributed by atoms with Crippen LogP contribution in [0.4, 0.5) is 8.78 Å². The van der Waals surface area contributed by atoms with E-state index in [4.69, 9.17) is 0 Å². The number of aryl methyl sites for hydroxylation is 1. The number of aromatic amines is 1. The first kappa shape index (κ1) is 23.2. The van der Waals surface area contributed by atoms with Gasteiger partial charge in [-0.15, -0.1) is 0 Å². The van der Waals surface area contributed by atoms with Gasteiger partial charge in [0.15, 0.2) is 0 Å². The number of H-pyrrole nitrogens is 1. The first-order valence-corrected chi connectivity index (χ1v) is 10.9. The number of amides is 2. The molecule has 7 nitrogen and oxygen atoms in total. The highest BCUT2D eigenvalue weighted by atomic mass is 19.1. The van der Waals surface area contributed by atoms with Crippen LogP contribution in [-0.2, 0) is 16.1 Å². The highest BCUT2D eigenvalue weighted by Crippen LogP contribution is 2.32. The third-order valence-corrected chi connectivity index (χ3v) is 5.88. The number of benzene rings is 2. The minimum atomic E-state index is -0.596. The van der Waals surface area contributed by atoms with Crippen molar-refractivity contribution in [3.63, 3.8) is 0 Å². The molecule has 0 fully saturated rings. The van der Waals surface area contributed by atoms with Gasteiger partial charge < -0.3 is 4.90 Å². The fourth-order valence-electron chi connectivity index (χ4n) is 4.15. The number of carbonyl (C=O) groups excluding carboxylic acids is 2. The number of nitrogens with zero attached hydrogens (tertiary/aromatic N) is 3. The number of halogens is 2. The van der Waals surface area contributed by atoms with Crippen molar-refractivity contribution in [1.82, 2.24) is 19.6 Å². The van der Waals surface area contributed by atoms with E-state index in [2.05, 4.69) is 5.10 Å². The molecule has 0 unspecified atom stereocenters. The molecule has 1 N–H and O–H groups in total. The summed E-state index contributed by atoms with van der Waals surface area (Å²) in [7, 11) is 0. The quantitative estimate of drug-likeness (QED) is 0.542. The van der Waals surface area contributed by atoms with Gasteiger partial charge in [0, 0.05) is 18.8 Å². The summed E-state index contributed by atoms with van der Waals surface area (Å²) in [6, 6.07) is 10.9. The molecule has 2 heterocycles. The molecule has 1 aliphatic heterocycles. The summed E-state index contributed by atoms with van der Waals surface area (Å²) in [4.78, 5) is 43.2. The molecule has 0 saturated carbocycles. The first-order valence-electron chi connectivity index (χ1n) is 10.9. The van der Waals surface area contributed by atoms with E-state index in [0.717, 1.165) is 4.90 Å². The SMILES string of the molecule is CCN(CC)C1=C(c2c(C)[nH]n(-c3ccc(F)cc3)c2=O)C(=O)N(Cc2ccc(F)cc2)C1=O. The normalized spacial score (nSPS) is 13.9. The lowest BCUT2D eigenvalue weighted by molar-refractivity contribution is -0.138. The van der Waals surface area contributed by atoms with Crippen LogP contribution in [-0.4, -0.2) is 44.5 Å². The van der Waals surface area contributed by atoms with Crippen LogP contribution in [0.1, 0.15) is 30.7 Å². The molecule has 4 rings (SSSR count). The maximum absolute atomic E-state index is 13.6. The molecule has 176 valence electrons. The Bertz CT molecular complexity index is 1330. The molecule has 1 aliphatic rings. The topological polar surface area (TPSA) is 78.4 Å². The van der Waals surface area contributed by atoms with E-state index < -0.39 is 29.0 Å². The Morgan fingerprint density at radius 2 is 1.41 bits per heavy atom. The number of hydrogen-bond acceptors (Lipinski definition) is 4. The number of nitrogens with one attached hydrogen (secondary N) is 1. The van der Waals surface area contributed by atoms with E-state index in [9.17, 15) is 23.2 Å². The van der Waals surface area contributed by atoms with Crippen LogP contribution in [0.25, 0.3) is 11.3 Å². The maximum Gasteiger partial charge on any atom is 0.279 e. The lowest BCUT2D eigenvalue weighted by Crippen LogP contribution is -2.34. The summed E-state index contributed by atoms with van der Waals surface area (Å²) in [5.74, 6) is -1.97. The van der Waals surface area contributed by atoms with E-state index >= 15 is 0 Å². The fraction of sp³-hybridized carbons (Fsp3) is 0.240. The van der Waals surface area contributed by atoms with Crippen LogP contribution < -0.4 is 5.56 Å². The zero-order valence-electron chi connectivity index (χ0n) is 19.1. The van der Waals surface area contributed by atoms with E-state index in [1.165, 1.54) is 53.2 Å². The van der Waals surface area contributed by atoms with Gasteiger partial charge in [0.1, 0.15) is 17.3 Å². The summed E-state index contributed by atoms with van der Waals surface area (Å²) in [6.07, 6.45) is 0. The second kappa shape index (κ2) is 9.09. The summed E-state index contributed by atoms with van der Waals surface area (Å²) < 4.78 is 27.9. The molecular weight excluding hydrogens is 442 g/mol. The lowest BCUT2D eigenvalue weighted by Gasteiger charge is -2.22. The predicted octanol–water partition coefficient (Wildman–Crippen LogP) is 3.37. The fourth-order valence-corrected chi connectivity index (χ4v) is 4.15. The smallest absolute Gasteiger partial charge is 0.279 e. The Kier molecular flexibility index (Phi) is 6.19. The van der Waals surface area contributed by atoms with Gasteiger partial charge >= 0.3 is 0 Å². The second-order valence-corrected chi connectivity index (χ2v) is 7.95. The molecule has 1 aromatic heterocycles. The Labute approximate surface area is 194 Å². The minimum Gasteiger partial charge on any atom is -0.367 e. The highest BCUT2D eigenvalue weighted by Gasteiger charge is 2.43. The number of carbonyl (C=O) groups is 2. The monoisotopic (exact) mass is 466 g/mol. The number of rotatable bonds is 7. The van der Waals surface area contributed by atoms with Crippen LogP contribution in [0.3, 0.4) is 0 Å². The average molecular weight is 466 g/mol. The van der Waals surface area contributed by atoms with Crippen molar-refractivity contribution in [2.75, 3.05) is 13.1 Å². The van der Waals surface area contributed by atoms with E-state index in [0.29, 0.717) is 30.0 Å². The van der Waals surface area contributed by atoms with Gasteiger partial charge in [-0.25, -0.2) is 13.5 Å². The standard InChI is InChI=1S/C25H24F2N4O3/c1-4-29(5-2)22-21(23(32)30(25(22)34)14-16-6-8-17(26)9-7-16)20-15(3)28-31(24(20)33)19-12-10-18(27)11-13-19/h6-13,28H,4-5,14H2,1-3H3. The first-order chi connectivity index (χ1) is 16.3. The van der Waals surface area contributed by atoms with Gasteiger partial charge in [0.25, 0.3) is 17.4 Å². The van der Waals surface area contributed by atoms with Crippen molar-refractivity contribution in [2.45, 2.75) is 27.3 Å². The van der Waals surface area contributed by atoms with Crippen LogP contribution in [0.15, 0.2) is 59.0 Å². The molecule has 0 radical (unpaired) electrons. The number of hydrogen-bond donors (Lipinski definition) is 1. The van der Waals surface area contributed by atoms with Crippen molar-refractivity contribution in [3.8, 4) is 5.69 Å². The van der Waals surface area contributed by atoms with Crippen LogP contribution in [0.2, 0.25) is 0 Å². The van der Waals surface area contributed by atoms with Gasteiger partial charge in [-0.1, -0.05) is 12.1 Å². The van der Waals surface area contributed by atoms with Gasteiger partial charge in [-0.05, 0) is 62.7 Å². The van der Waals surface area contributed by atoms with E-state index in [1.807, 2.05) is 13.8 Å². The zero-order chi connectivity index (χ0) is 24.6. The average Bonchev–Trinajstić information content (AvgIpc) is 3.24. The third-order valence-electron chi connectivity index (χ3n) is 5.88. The van der Waals surface area contributed by atoms with Crippen LogP contribution in [0, 0.1) is 18.6 Å². The molecular formula is C25H24F2N4O3. The Balaban J connectivity index is 1.84.